The summed E-state index contributed by atoms with van der Waals surface area (Å²) in [5, 5.41) is 20.4. The van der Waals surface area contributed by atoms with Crippen molar-refractivity contribution in [3.8, 4) is 0 Å². The second-order valence-corrected chi connectivity index (χ2v) is 8.62. The van der Waals surface area contributed by atoms with Crippen LogP contribution in [0.25, 0.3) is 0 Å². The van der Waals surface area contributed by atoms with Crippen LogP contribution in [0.1, 0.15) is 53.4 Å². The maximum absolute atomic E-state index is 12.6. The molecule has 0 aromatic heterocycles. The van der Waals surface area contributed by atoms with E-state index in [1.165, 1.54) is 6.08 Å². The first-order valence-corrected chi connectivity index (χ1v) is 10.7. The van der Waals surface area contributed by atoms with Gasteiger partial charge >= 0.3 is 11.9 Å². The van der Waals surface area contributed by atoms with Crippen LogP contribution in [-0.2, 0) is 23.9 Å². The predicted molar refractivity (Wildman–Crippen MR) is 110 cm³/mol. The number of hydrogen-bond donors (Lipinski definition) is 2. The summed E-state index contributed by atoms with van der Waals surface area (Å²) in [6.45, 7) is 7.02. The minimum absolute atomic E-state index is 0.0554. The maximum Gasteiger partial charge on any atom is 0.308 e. The van der Waals surface area contributed by atoms with E-state index in [1.807, 2.05) is 20.8 Å². The first kappa shape index (κ1) is 24.3. The average molecular weight is 423 g/mol. The van der Waals surface area contributed by atoms with Crippen LogP contribution in [0.2, 0.25) is 0 Å². The lowest BCUT2D eigenvalue weighted by Gasteiger charge is -2.29. The molecule has 1 fully saturated rings. The number of aliphatic hydroxyl groups excluding tert-OH is 2. The van der Waals surface area contributed by atoms with Crippen molar-refractivity contribution in [1.82, 2.24) is 0 Å². The smallest absolute Gasteiger partial charge is 0.308 e. The van der Waals surface area contributed by atoms with Crippen LogP contribution < -0.4 is 0 Å². The molecule has 2 N–H and O–H groups in total. The van der Waals surface area contributed by atoms with Gasteiger partial charge in [-0.15, -0.1) is 0 Å². The van der Waals surface area contributed by atoms with Crippen molar-refractivity contribution in [2.75, 3.05) is 6.61 Å². The Kier molecular flexibility index (Phi) is 8.79. The van der Waals surface area contributed by atoms with Crippen molar-refractivity contribution in [3.63, 3.8) is 0 Å². The van der Waals surface area contributed by atoms with Crippen molar-refractivity contribution >= 4 is 17.7 Å². The fourth-order valence-electron chi connectivity index (χ4n) is 4.27. The molecule has 168 valence electrons. The molecule has 0 unspecified atom stereocenters. The van der Waals surface area contributed by atoms with Crippen LogP contribution in [0, 0.1) is 23.7 Å². The third kappa shape index (κ3) is 6.25. The molecule has 0 bridgehead atoms. The van der Waals surface area contributed by atoms with E-state index < -0.39 is 36.1 Å². The van der Waals surface area contributed by atoms with E-state index in [-0.39, 0.29) is 43.0 Å². The summed E-state index contributed by atoms with van der Waals surface area (Å²) < 4.78 is 11.0. The highest BCUT2D eigenvalue weighted by molar-refractivity contribution is 5.91. The van der Waals surface area contributed by atoms with Gasteiger partial charge in [0.15, 0.2) is 5.78 Å². The number of esters is 2. The number of ether oxygens (including phenoxy) is 2. The van der Waals surface area contributed by atoms with Gasteiger partial charge in [0, 0.05) is 23.7 Å². The summed E-state index contributed by atoms with van der Waals surface area (Å²) in [5.74, 6) is -2.37. The number of carbonyl (C=O) groups is 3. The van der Waals surface area contributed by atoms with Gasteiger partial charge in [-0.2, -0.15) is 0 Å². The molecule has 2 heterocycles. The number of carbonyl (C=O) groups excluding carboxylic acids is 3. The Hall–Kier alpha value is -1.99. The molecule has 2 rings (SSSR count). The summed E-state index contributed by atoms with van der Waals surface area (Å²) in [5.41, 5.74) is 0.780. The van der Waals surface area contributed by atoms with Crippen LogP contribution in [0.4, 0.5) is 0 Å². The number of hydrogen-bond acceptors (Lipinski definition) is 7. The largest absolute Gasteiger partial charge is 0.462 e. The van der Waals surface area contributed by atoms with Gasteiger partial charge in [0.25, 0.3) is 0 Å². The molecule has 2 aliphatic heterocycles. The Labute approximate surface area is 178 Å². The predicted octanol–water partition coefficient (Wildman–Crippen LogP) is 2.35. The van der Waals surface area contributed by atoms with Crippen LogP contribution in [0.5, 0.6) is 0 Å². The molecule has 0 amide bonds. The Morgan fingerprint density at radius 2 is 1.73 bits per heavy atom. The summed E-state index contributed by atoms with van der Waals surface area (Å²) in [4.78, 5) is 36.9. The lowest BCUT2D eigenvalue weighted by molar-refractivity contribution is -0.156. The van der Waals surface area contributed by atoms with Crippen molar-refractivity contribution < 1.29 is 34.1 Å². The molecule has 0 radical (unpaired) electrons. The minimum atomic E-state index is -1.04. The van der Waals surface area contributed by atoms with Crippen LogP contribution in [-0.4, -0.2) is 52.9 Å². The Bertz CT molecular complexity index is 696. The van der Waals surface area contributed by atoms with Gasteiger partial charge in [0.1, 0.15) is 12.2 Å². The Balaban J connectivity index is 2.34. The molecule has 7 nitrogen and oxygen atoms in total. The number of ketones is 1. The van der Waals surface area contributed by atoms with Gasteiger partial charge in [-0.25, -0.2) is 0 Å². The first-order chi connectivity index (χ1) is 14.2. The van der Waals surface area contributed by atoms with Crippen molar-refractivity contribution in [2.45, 2.75) is 71.7 Å². The van der Waals surface area contributed by atoms with Gasteiger partial charge in [-0.1, -0.05) is 38.5 Å². The molecular weight excluding hydrogens is 388 g/mol. The van der Waals surface area contributed by atoms with Gasteiger partial charge in [0.05, 0.1) is 25.6 Å². The van der Waals surface area contributed by atoms with E-state index in [0.29, 0.717) is 12.8 Å². The van der Waals surface area contributed by atoms with Gasteiger partial charge in [-0.3, -0.25) is 14.4 Å². The molecule has 0 saturated carbocycles. The summed E-state index contributed by atoms with van der Waals surface area (Å²) in [6.07, 6.45) is 3.77. The molecular formula is C23H34O7. The SMILES string of the molecule is CC[C@H]1OC(=O)C[C@@H](O)[C@H](C)[C@H]2OC(=O)C[C@H]2C[C@@H](C)C(=O)/C=C/C(C)=C/[C@@H]1CO. The molecule has 0 aromatic carbocycles. The first-order valence-electron chi connectivity index (χ1n) is 10.7. The number of rotatable bonds is 2. The minimum Gasteiger partial charge on any atom is -0.462 e. The monoisotopic (exact) mass is 422 g/mol. The van der Waals surface area contributed by atoms with E-state index in [9.17, 15) is 24.6 Å². The molecule has 0 aromatic rings. The van der Waals surface area contributed by atoms with Crippen molar-refractivity contribution in [3.05, 3.63) is 23.8 Å². The van der Waals surface area contributed by atoms with E-state index in [1.54, 1.807) is 19.1 Å². The lowest BCUT2D eigenvalue weighted by atomic mass is 9.81. The summed E-state index contributed by atoms with van der Waals surface area (Å²) in [6, 6.07) is 0. The van der Waals surface area contributed by atoms with E-state index in [0.717, 1.165) is 5.57 Å². The third-order valence-corrected chi connectivity index (χ3v) is 6.16. The van der Waals surface area contributed by atoms with Gasteiger partial charge in [0.2, 0.25) is 0 Å². The average Bonchev–Trinajstić information content (AvgIpc) is 3.06. The molecule has 30 heavy (non-hydrogen) atoms. The highest BCUT2D eigenvalue weighted by Gasteiger charge is 2.42. The summed E-state index contributed by atoms with van der Waals surface area (Å²) in [7, 11) is 0. The molecule has 0 aliphatic carbocycles. The van der Waals surface area contributed by atoms with E-state index in [4.69, 9.17) is 9.47 Å². The molecule has 0 spiro atoms. The summed E-state index contributed by atoms with van der Waals surface area (Å²) >= 11 is 0. The van der Waals surface area contributed by atoms with Crippen LogP contribution in [0.3, 0.4) is 0 Å². The van der Waals surface area contributed by atoms with Gasteiger partial charge in [-0.05, 0) is 25.8 Å². The Morgan fingerprint density at radius 1 is 1.07 bits per heavy atom. The third-order valence-electron chi connectivity index (χ3n) is 6.16. The zero-order valence-electron chi connectivity index (χ0n) is 18.2. The van der Waals surface area contributed by atoms with Crippen LogP contribution in [0.15, 0.2) is 23.8 Å². The molecule has 7 heteroatoms. The quantitative estimate of drug-likeness (QED) is 0.657. The maximum atomic E-state index is 12.6. The van der Waals surface area contributed by atoms with Crippen LogP contribution >= 0.6 is 0 Å². The number of fused-ring (bicyclic) bond motifs is 1. The zero-order chi connectivity index (χ0) is 22.4. The second-order valence-electron chi connectivity index (χ2n) is 8.62. The van der Waals surface area contributed by atoms with Gasteiger partial charge < -0.3 is 19.7 Å². The topological polar surface area (TPSA) is 110 Å². The second kappa shape index (κ2) is 10.9. The highest BCUT2D eigenvalue weighted by atomic mass is 16.6. The fraction of sp³-hybridized carbons (Fsp3) is 0.696. The zero-order valence-corrected chi connectivity index (χ0v) is 18.2. The Morgan fingerprint density at radius 3 is 2.37 bits per heavy atom. The van der Waals surface area contributed by atoms with E-state index >= 15 is 0 Å². The standard InChI is InChI=1S/C23H34O7/c1-5-20-17(12-24)8-13(2)6-7-18(25)14(3)9-16-10-21(27)30-23(16)15(4)19(26)11-22(28)29-20/h6-8,14-17,19-20,23-24,26H,5,9-12H2,1-4H3/b7-6+,13-8+/t14-,15+,16-,17-,19-,20-,23-/m1/s1. The van der Waals surface area contributed by atoms with E-state index in [2.05, 4.69) is 0 Å². The molecule has 1 saturated heterocycles. The fourth-order valence-corrected chi connectivity index (χ4v) is 4.27. The lowest BCUT2D eigenvalue weighted by Crippen LogP contribution is -2.37. The number of cyclic esters (lactones) is 1. The number of allylic oxidation sites excluding steroid dienone is 3. The van der Waals surface area contributed by atoms with Crippen molar-refractivity contribution in [2.24, 2.45) is 23.7 Å². The highest BCUT2D eigenvalue weighted by Crippen LogP contribution is 2.35. The molecule has 2 aliphatic rings. The van der Waals surface area contributed by atoms with Crippen molar-refractivity contribution in [1.29, 1.82) is 0 Å². The molecule has 7 atom stereocenters. The normalized spacial score (nSPS) is 39.5. The number of aliphatic hydroxyl groups is 2.